The van der Waals surface area contributed by atoms with E-state index in [4.69, 9.17) is 0 Å². The van der Waals surface area contributed by atoms with Crippen LogP contribution in [0, 0.1) is 11.6 Å². The topological polar surface area (TPSA) is 26.3 Å². The molecule has 5 heteroatoms. The molecular formula is C18H13F3O2. The summed E-state index contributed by atoms with van der Waals surface area (Å²) in [6.45, 7) is 0.785. The minimum atomic E-state index is -2.91. The second kappa shape index (κ2) is 5.26. The van der Waals surface area contributed by atoms with E-state index in [1.165, 1.54) is 6.07 Å². The molecule has 2 nitrogen and oxygen atoms in total. The van der Waals surface area contributed by atoms with Crippen molar-refractivity contribution < 1.29 is 22.7 Å². The molecule has 1 atom stereocenters. The molecule has 0 unspecified atom stereocenters. The molecule has 23 heavy (non-hydrogen) atoms. The van der Waals surface area contributed by atoms with E-state index < -0.39 is 28.8 Å². The Morgan fingerprint density at radius 2 is 1.74 bits per heavy atom. The molecule has 0 amide bonds. The summed E-state index contributed by atoms with van der Waals surface area (Å²) in [6, 6.07) is 11.3. The van der Waals surface area contributed by atoms with Crippen molar-refractivity contribution in [2.24, 2.45) is 0 Å². The molecule has 3 aromatic rings. The van der Waals surface area contributed by atoms with Gasteiger partial charge in [0, 0.05) is 5.39 Å². The van der Waals surface area contributed by atoms with Crippen LogP contribution in [0.1, 0.15) is 12.5 Å². The molecule has 0 aliphatic rings. The van der Waals surface area contributed by atoms with Crippen LogP contribution in [0.25, 0.3) is 21.5 Å². The van der Waals surface area contributed by atoms with Gasteiger partial charge in [0.2, 0.25) is 5.67 Å². The lowest BCUT2D eigenvalue weighted by molar-refractivity contribution is -0.154. The van der Waals surface area contributed by atoms with Crippen molar-refractivity contribution in [2.75, 3.05) is 7.11 Å². The van der Waals surface area contributed by atoms with Crippen molar-refractivity contribution in [1.82, 2.24) is 0 Å². The van der Waals surface area contributed by atoms with Crippen LogP contribution in [0.5, 0.6) is 0 Å². The highest BCUT2D eigenvalue weighted by atomic mass is 19.2. The predicted octanol–water partition coefficient (Wildman–Crippen LogP) is 4.63. The summed E-state index contributed by atoms with van der Waals surface area (Å²) in [5.74, 6) is -3.57. The molecule has 0 N–H and O–H groups in total. The zero-order chi connectivity index (χ0) is 16.8. The zero-order valence-electron chi connectivity index (χ0n) is 12.5. The number of alkyl halides is 1. The van der Waals surface area contributed by atoms with Gasteiger partial charge in [0.1, 0.15) is 11.6 Å². The highest BCUT2D eigenvalue weighted by molar-refractivity contribution is 6.08. The summed E-state index contributed by atoms with van der Waals surface area (Å²) in [4.78, 5) is 11.6. The molecule has 0 aliphatic carbocycles. The highest BCUT2D eigenvalue weighted by Gasteiger charge is 2.42. The molecule has 0 spiro atoms. The van der Waals surface area contributed by atoms with E-state index in [9.17, 15) is 18.0 Å². The highest BCUT2D eigenvalue weighted by Crippen LogP contribution is 2.37. The van der Waals surface area contributed by atoms with Crippen molar-refractivity contribution in [3.63, 3.8) is 0 Å². The summed E-state index contributed by atoms with van der Waals surface area (Å²) in [5.41, 5.74) is -3.85. The lowest BCUT2D eigenvalue weighted by atomic mass is 9.92. The number of halogens is 3. The Morgan fingerprint density at radius 3 is 2.43 bits per heavy atom. The summed E-state index contributed by atoms with van der Waals surface area (Å²) in [7, 11) is 0.963. The molecule has 118 valence electrons. The Kier molecular flexibility index (Phi) is 3.51. The smallest absolute Gasteiger partial charge is 0.348 e. The number of benzene rings is 3. The number of carbonyl (C=O) groups excluding carboxylic acids is 1. The number of hydrogen-bond donors (Lipinski definition) is 0. The fourth-order valence-corrected chi connectivity index (χ4v) is 2.80. The number of rotatable bonds is 2. The van der Waals surface area contributed by atoms with E-state index >= 15 is 0 Å². The van der Waals surface area contributed by atoms with Crippen LogP contribution in [-0.2, 0) is 15.2 Å². The second-order valence-electron chi connectivity index (χ2n) is 5.42. The van der Waals surface area contributed by atoms with Gasteiger partial charge in [0.15, 0.2) is 0 Å². The Hall–Kier alpha value is -2.56. The summed E-state index contributed by atoms with van der Waals surface area (Å²) in [6.07, 6.45) is 0. The minimum Gasteiger partial charge on any atom is -0.466 e. The predicted molar refractivity (Wildman–Crippen MR) is 81.8 cm³/mol. The first-order valence-electron chi connectivity index (χ1n) is 6.95. The lowest BCUT2D eigenvalue weighted by Gasteiger charge is -2.20. The van der Waals surface area contributed by atoms with Crippen molar-refractivity contribution >= 4 is 27.5 Å². The maximum absolute atomic E-state index is 14.8. The molecule has 0 radical (unpaired) electrons. The first-order chi connectivity index (χ1) is 10.9. The number of hydrogen-bond acceptors (Lipinski definition) is 2. The Bertz CT molecular complexity index is 932. The van der Waals surface area contributed by atoms with Gasteiger partial charge in [-0.05, 0) is 29.1 Å². The molecule has 0 aromatic heterocycles. The summed E-state index contributed by atoms with van der Waals surface area (Å²) >= 11 is 0. The number of ether oxygens (including phenoxy) is 1. The normalized spacial score (nSPS) is 14.0. The van der Waals surface area contributed by atoms with Gasteiger partial charge in [-0.3, -0.25) is 0 Å². The largest absolute Gasteiger partial charge is 0.466 e. The first-order valence-corrected chi connectivity index (χ1v) is 6.95. The molecule has 3 aromatic carbocycles. The molecule has 0 saturated carbocycles. The molecule has 0 saturated heterocycles. The van der Waals surface area contributed by atoms with E-state index in [2.05, 4.69) is 4.74 Å². The van der Waals surface area contributed by atoms with Gasteiger partial charge in [-0.1, -0.05) is 36.4 Å². The Balaban J connectivity index is 2.39. The first kappa shape index (κ1) is 15.3. The van der Waals surface area contributed by atoms with Crippen LogP contribution in [-0.4, -0.2) is 13.1 Å². The van der Waals surface area contributed by atoms with Gasteiger partial charge in [-0.2, -0.15) is 0 Å². The number of methoxy groups -OCH3 is 1. The second-order valence-corrected chi connectivity index (χ2v) is 5.42. The minimum absolute atomic E-state index is 0.0490. The fourth-order valence-electron chi connectivity index (χ4n) is 2.80. The van der Waals surface area contributed by atoms with E-state index in [-0.39, 0.29) is 5.39 Å². The van der Waals surface area contributed by atoms with E-state index in [0.29, 0.717) is 10.8 Å². The standard InChI is InChI=1S/C18H13F3O2/c1-18(21,17(22)23-2)15-14(19)9-13-11-6-4-3-5-10(11)7-8-12(13)16(15)20/h3-9H,1-2H3/t18-/m1/s1. The Labute approximate surface area is 130 Å². The molecule has 0 heterocycles. The molecule has 0 fully saturated rings. The van der Waals surface area contributed by atoms with E-state index in [1.807, 2.05) is 12.1 Å². The Morgan fingerprint density at radius 1 is 1.04 bits per heavy atom. The van der Waals surface area contributed by atoms with Gasteiger partial charge in [-0.25, -0.2) is 18.0 Å². The third-order valence-electron chi connectivity index (χ3n) is 3.97. The average molecular weight is 318 g/mol. The van der Waals surface area contributed by atoms with Crippen LogP contribution in [0.3, 0.4) is 0 Å². The molecular weight excluding hydrogens is 305 g/mol. The number of esters is 1. The lowest BCUT2D eigenvalue weighted by Crippen LogP contribution is -2.31. The van der Waals surface area contributed by atoms with Crippen LogP contribution in [0.15, 0.2) is 42.5 Å². The number of carbonyl (C=O) groups is 1. The van der Waals surface area contributed by atoms with Crippen molar-refractivity contribution in [3.8, 4) is 0 Å². The van der Waals surface area contributed by atoms with Crippen LogP contribution in [0.4, 0.5) is 13.2 Å². The van der Waals surface area contributed by atoms with Crippen molar-refractivity contribution in [1.29, 1.82) is 0 Å². The fraction of sp³-hybridized carbons (Fsp3) is 0.167. The van der Waals surface area contributed by atoms with Crippen LogP contribution < -0.4 is 0 Å². The van der Waals surface area contributed by atoms with Gasteiger partial charge >= 0.3 is 5.97 Å². The number of fused-ring (bicyclic) bond motifs is 3. The molecule has 0 aliphatic heterocycles. The molecule has 0 bridgehead atoms. The van der Waals surface area contributed by atoms with Gasteiger partial charge in [-0.15, -0.1) is 0 Å². The maximum atomic E-state index is 14.8. The van der Waals surface area contributed by atoms with E-state index in [0.717, 1.165) is 25.5 Å². The SMILES string of the molecule is COC(=O)[C@](C)(F)c1c(F)cc2c(ccc3ccccc32)c1F. The van der Waals surface area contributed by atoms with Crippen molar-refractivity contribution in [2.45, 2.75) is 12.6 Å². The quantitative estimate of drug-likeness (QED) is 0.509. The summed E-state index contributed by atoms with van der Waals surface area (Å²) < 4.78 is 48.1. The monoisotopic (exact) mass is 318 g/mol. The van der Waals surface area contributed by atoms with Gasteiger partial charge < -0.3 is 4.74 Å². The van der Waals surface area contributed by atoms with Crippen LogP contribution >= 0.6 is 0 Å². The van der Waals surface area contributed by atoms with E-state index in [1.54, 1.807) is 18.2 Å². The van der Waals surface area contributed by atoms with Gasteiger partial charge in [0.25, 0.3) is 0 Å². The van der Waals surface area contributed by atoms with Crippen molar-refractivity contribution in [3.05, 3.63) is 59.7 Å². The third-order valence-corrected chi connectivity index (χ3v) is 3.97. The third kappa shape index (κ3) is 2.23. The maximum Gasteiger partial charge on any atom is 0.348 e. The zero-order valence-corrected chi connectivity index (χ0v) is 12.5. The average Bonchev–Trinajstić information content (AvgIpc) is 2.53. The van der Waals surface area contributed by atoms with Gasteiger partial charge in [0.05, 0.1) is 12.7 Å². The molecule has 3 rings (SSSR count). The van der Waals surface area contributed by atoms with Crippen LogP contribution in [0.2, 0.25) is 0 Å². The summed E-state index contributed by atoms with van der Waals surface area (Å²) in [5, 5.41) is 1.82.